The fraction of sp³-hybridized carbons (Fsp3) is 0.300. The Morgan fingerprint density at radius 1 is 1.54 bits per heavy atom. The molecule has 2 rings (SSSR count). The van der Waals surface area contributed by atoms with Gasteiger partial charge in [-0.3, -0.25) is 0 Å². The van der Waals surface area contributed by atoms with Crippen molar-refractivity contribution < 1.29 is 0 Å². The minimum atomic E-state index is 0.0555. The predicted octanol–water partition coefficient (Wildman–Crippen LogP) is 1.74. The highest BCUT2D eigenvalue weighted by atomic mass is 15.0. The Labute approximate surface area is 77.2 Å². The molecule has 2 heterocycles. The van der Waals surface area contributed by atoms with Crippen LogP contribution in [0, 0.1) is 0 Å². The third-order valence-corrected chi connectivity index (χ3v) is 2.20. The summed E-state index contributed by atoms with van der Waals surface area (Å²) in [6.07, 6.45) is 4.89. The highest BCUT2D eigenvalue weighted by Crippen LogP contribution is 2.13. The summed E-state index contributed by atoms with van der Waals surface area (Å²) in [5.74, 6) is 0. The molecule has 0 spiro atoms. The van der Waals surface area contributed by atoms with Crippen molar-refractivity contribution in [1.82, 2.24) is 9.38 Å². The second-order valence-electron chi connectivity index (χ2n) is 3.15. The number of nitrogens with zero attached hydrogens (tertiary/aromatic N) is 2. The zero-order chi connectivity index (χ0) is 9.26. The van der Waals surface area contributed by atoms with E-state index >= 15 is 0 Å². The van der Waals surface area contributed by atoms with Crippen molar-refractivity contribution in [3.63, 3.8) is 0 Å². The van der Waals surface area contributed by atoms with Gasteiger partial charge >= 0.3 is 0 Å². The molecule has 0 aliphatic rings. The van der Waals surface area contributed by atoms with E-state index < -0.39 is 0 Å². The van der Waals surface area contributed by atoms with Gasteiger partial charge in [0, 0.05) is 18.4 Å². The van der Waals surface area contributed by atoms with Crippen molar-refractivity contribution in [3.05, 3.63) is 36.3 Å². The van der Waals surface area contributed by atoms with Gasteiger partial charge in [-0.15, -0.1) is 0 Å². The zero-order valence-electron chi connectivity index (χ0n) is 7.64. The third kappa shape index (κ3) is 1.42. The Hall–Kier alpha value is -1.35. The summed E-state index contributed by atoms with van der Waals surface area (Å²) in [6.45, 7) is 2.06. The van der Waals surface area contributed by atoms with Gasteiger partial charge < -0.3 is 10.1 Å². The van der Waals surface area contributed by atoms with Gasteiger partial charge in [0.15, 0.2) is 0 Å². The third-order valence-electron chi connectivity index (χ3n) is 2.20. The second-order valence-corrected chi connectivity index (χ2v) is 3.15. The molecule has 13 heavy (non-hydrogen) atoms. The molecule has 2 aromatic rings. The van der Waals surface area contributed by atoms with Crippen LogP contribution < -0.4 is 5.73 Å². The lowest BCUT2D eigenvalue weighted by Gasteiger charge is -2.01. The normalized spacial score (nSPS) is 13.4. The van der Waals surface area contributed by atoms with Crippen LogP contribution in [0.25, 0.3) is 5.65 Å². The number of aromatic nitrogens is 2. The maximum absolute atomic E-state index is 5.88. The fourth-order valence-electron chi connectivity index (χ4n) is 1.34. The largest absolute Gasteiger partial charge is 0.323 e. The van der Waals surface area contributed by atoms with Crippen LogP contribution in [0.4, 0.5) is 0 Å². The van der Waals surface area contributed by atoms with E-state index in [2.05, 4.69) is 11.9 Å². The smallest absolute Gasteiger partial charge is 0.137 e. The van der Waals surface area contributed by atoms with Gasteiger partial charge in [-0.05, 0) is 18.6 Å². The monoisotopic (exact) mass is 175 g/mol. The van der Waals surface area contributed by atoms with Crippen molar-refractivity contribution in [3.8, 4) is 0 Å². The summed E-state index contributed by atoms with van der Waals surface area (Å²) in [4.78, 5) is 4.42. The van der Waals surface area contributed by atoms with Crippen LogP contribution in [0.15, 0.2) is 30.6 Å². The highest BCUT2D eigenvalue weighted by molar-refractivity contribution is 5.39. The van der Waals surface area contributed by atoms with Gasteiger partial charge in [-0.1, -0.05) is 13.0 Å². The van der Waals surface area contributed by atoms with Crippen molar-refractivity contribution in [2.75, 3.05) is 0 Å². The number of fused-ring (bicyclic) bond motifs is 1. The van der Waals surface area contributed by atoms with Crippen LogP contribution in [-0.2, 0) is 0 Å². The summed E-state index contributed by atoms with van der Waals surface area (Å²) in [6, 6.07) is 5.99. The Morgan fingerprint density at radius 3 is 3.08 bits per heavy atom. The van der Waals surface area contributed by atoms with Crippen molar-refractivity contribution >= 4 is 5.65 Å². The number of hydrogen-bond acceptors (Lipinski definition) is 2. The quantitative estimate of drug-likeness (QED) is 0.755. The molecule has 0 aliphatic heterocycles. The average Bonchev–Trinajstić information content (AvgIpc) is 2.59. The van der Waals surface area contributed by atoms with Gasteiger partial charge in [0.25, 0.3) is 0 Å². The van der Waals surface area contributed by atoms with Crippen LogP contribution in [0.1, 0.15) is 25.1 Å². The molecule has 0 aromatic carbocycles. The SMILES string of the molecule is CC[C@@H](N)c1cn2ccccc2n1. The maximum atomic E-state index is 5.88. The first-order valence-corrected chi connectivity index (χ1v) is 4.50. The minimum absolute atomic E-state index is 0.0555. The molecule has 0 saturated heterocycles. The number of imidazole rings is 1. The average molecular weight is 175 g/mol. The molecule has 0 saturated carbocycles. The summed E-state index contributed by atoms with van der Waals surface area (Å²) < 4.78 is 1.99. The van der Waals surface area contributed by atoms with Gasteiger partial charge in [0.2, 0.25) is 0 Å². The molecule has 0 amide bonds. The van der Waals surface area contributed by atoms with E-state index in [9.17, 15) is 0 Å². The highest BCUT2D eigenvalue weighted by Gasteiger charge is 2.07. The summed E-state index contributed by atoms with van der Waals surface area (Å²) in [5, 5.41) is 0. The molecule has 0 bridgehead atoms. The number of nitrogens with two attached hydrogens (primary N) is 1. The minimum Gasteiger partial charge on any atom is -0.323 e. The van der Waals surface area contributed by atoms with Crippen molar-refractivity contribution in [2.24, 2.45) is 5.73 Å². The van der Waals surface area contributed by atoms with Crippen LogP contribution in [0.3, 0.4) is 0 Å². The Kier molecular flexibility index (Phi) is 2.02. The summed E-state index contributed by atoms with van der Waals surface area (Å²) in [5.41, 5.74) is 7.81. The molecule has 0 aliphatic carbocycles. The topological polar surface area (TPSA) is 43.3 Å². The lowest BCUT2D eigenvalue weighted by Crippen LogP contribution is -2.08. The van der Waals surface area contributed by atoms with E-state index in [1.54, 1.807) is 0 Å². The van der Waals surface area contributed by atoms with E-state index in [0.29, 0.717) is 0 Å². The molecule has 2 aromatic heterocycles. The summed E-state index contributed by atoms with van der Waals surface area (Å²) in [7, 11) is 0. The van der Waals surface area contributed by atoms with E-state index in [1.807, 2.05) is 35.0 Å². The molecular weight excluding hydrogens is 162 g/mol. The van der Waals surface area contributed by atoms with E-state index in [1.165, 1.54) is 0 Å². The van der Waals surface area contributed by atoms with Crippen molar-refractivity contribution in [2.45, 2.75) is 19.4 Å². The predicted molar refractivity (Wildman–Crippen MR) is 52.4 cm³/mol. The number of rotatable bonds is 2. The Balaban J connectivity index is 2.49. The molecule has 68 valence electrons. The number of pyridine rings is 1. The molecule has 0 radical (unpaired) electrons. The van der Waals surface area contributed by atoms with E-state index in [0.717, 1.165) is 17.8 Å². The van der Waals surface area contributed by atoms with Crippen LogP contribution in [0.5, 0.6) is 0 Å². The van der Waals surface area contributed by atoms with Crippen LogP contribution >= 0.6 is 0 Å². The van der Waals surface area contributed by atoms with Gasteiger partial charge in [-0.25, -0.2) is 4.98 Å². The summed E-state index contributed by atoms with van der Waals surface area (Å²) >= 11 is 0. The molecule has 2 N–H and O–H groups in total. The molecule has 1 atom stereocenters. The van der Waals surface area contributed by atoms with Crippen LogP contribution in [-0.4, -0.2) is 9.38 Å². The first-order valence-electron chi connectivity index (χ1n) is 4.50. The van der Waals surface area contributed by atoms with Gasteiger partial charge in [-0.2, -0.15) is 0 Å². The molecule has 0 unspecified atom stereocenters. The maximum Gasteiger partial charge on any atom is 0.137 e. The first kappa shape index (κ1) is 8.26. The Morgan fingerprint density at radius 2 is 2.38 bits per heavy atom. The Bertz CT molecular complexity index is 372. The standard InChI is InChI=1S/C10H13N3/c1-2-8(11)9-7-13-6-4-3-5-10(13)12-9/h3-8H,2,11H2,1H3/t8-/m1/s1. The molecule has 3 heteroatoms. The lowest BCUT2D eigenvalue weighted by atomic mass is 10.2. The first-order chi connectivity index (χ1) is 6.31. The lowest BCUT2D eigenvalue weighted by molar-refractivity contribution is 0.680. The van der Waals surface area contributed by atoms with Gasteiger partial charge in [0.1, 0.15) is 5.65 Å². The van der Waals surface area contributed by atoms with Gasteiger partial charge in [0.05, 0.1) is 5.69 Å². The van der Waals surface area contributed by atoms with Crippen LogP contribution in [0.2, 0.25) is 0 Å². The molecular formula is C10H13N3. The molecule has 3 nitrogen and oxygen atoms in total. The van der Waals surface area contributed by atoms with Crippen molar-refractivity contribution in [1.29, 1.82) is 0 Å². The second kappa shape index (κ2) is 3.18. The number of hydrogen-bond donors (Lipinski definition) is 1. The fourth-order valence-corrected chi connectivity index (χ4v) is 1.34. The van der Waals surface area contributed by atoms with E-state index in [4.69, 9.17) is 5.73 Å². The zero-order valence-corrected chi connectivity index (χ0v) is 7.64. The molecule has 0 fully saturated rings. The van der Waals surface area contributed by atoms with E-state index in [-0.39, 0.29) is 6.04 Å².